The standard InChI is InChI=1S/C13H20N6O4.Na.H/c1-2-3-22-9-7(5-20)23-11(8(9)21)19-10-6(17-13(19)15)4-16-12(14)18-10;;/h4,7-9,11,20-21H,2-3,5H2,1H3,(H2,15,17)(H2,14,16,18);;/q;+1;-1/t7-,8-,9-,11-;;/m1../s1. The Kier molecular flexibility index (Phi) is 6.37. The van der Waals surface area contributed by atoms with Gasteiger partial charge in [-0.15, -0.1) is 0 Å². The van der Waals surface area contributed by atoms with E-state index in [1.54, 1.807) is 0 Å². The molecule has 1 fully saturated rings. The van der Waals surface area contributed by atoms with Gasteiger partial charge in [0.15, 0.2) is 11.9 Å². The van der Waals surface area contributed by atoms with E-state index in [1.165, 1.54) is 10.8 Å². The summed E-state index contributed by atoms with van der Waals surface area (Å²) >= 11 is 0. The maximum atomic E-state index is 10.6. The number of hydrogen-bond acceptors (Lipinski definition) is 9. The topological polar surface area (TPSA) is 155 Å². The zero-order valence-electron chi connectivity index (χ0n) is 14.7. The summed E-state index contributed by atoms with van der Waals surface area (Å²) in [4.78, 5) is 12.1. The molecule has 0 radical (unpaired) electrons. The first-order valence-electron chi connectivity index (χ1n) is 7.38. The van der Waals surface area contributed by atoms with Gasteiger partial charge >= 0.3 is 29.6 Å². The summed E-state index contributed by atoms with van der Waals surface area (Å²) in [5, 5.41) is 20.0. The Labute approximate surface area is 161 Å². The molecular formula is C13H21N6NaO4. The van der Waals surface area contributed by atoms with Crippen LogP contribution in [0.4, 0.5) is 11.9 Å². The SMILES string of the molecule is CCCO[C@H]1[C@@H](O)[C@H](n2c(N)nc3cnc(N)nc32)O[C@@H]1CO.[H-].[Na+]. The van der Waals surface area contributed by atoms with E-state index in [4.69, 9.17) is 20.9 Å². The minimum Gasteiger partial charge on any atom is -1.00 e. The number of hydrogen-bond donors (Lipinski definition) is 4. The molecule has 1 aliphatic heterocycles. The molecule has 11 heteroatoms. The van der Waals surface area contributed by atoms with Crippen LogP contribution in [-0.2, 0) is 9.47 Å². The molecule has 1 saturated heterocycles. The fourth-order valence-electron chi connectivity index (χ4n) is 2.71. The molecule has 3 rings (SSSR count). The third-order valence-corrected chi connectivity index (χ3v) is 3.74. The maximum Gasteiger partial charge on any atom is 1.00 e. The molecule has 0 bridgehead atoms. The van der Waals surface area contributed by atoms with Crippen molar-refractivity contribution in [3.63, 3.8) is 0 Å². The van der Waals surface area contributed by atoms with Crippen molar-refractivity contribution in [3.8, 4) is 0 Å². The van der Waals surface area contributed by atoms with Gasteiger partial charge in [-0.25, -0.2) is 9.97 Å². The summed E-state index contributed by atoms with van der Waals surface area (Å²) in [5.74, 6) is 0.167. The van der Waals surface area contributed by atoms with Crippen molar-refractivity contribution in [2.24, 2.45) is 0 Å². The number of nitrogens with two attached hydrogens (primary N) is 2. The van der Waals surface area contributed by atoms with Gasteiger partial charge in [0.2, 0.25) is 11.9 Å². The molecule has 1 aliphatic rings. The summed E-state index contributed by atoms with van der Waals surface area (Å²) in [7, 11) is 0. The molecule has 0 amide bonds. The van der Waals surface area contributed by atoms with Crippen LogP contribution in [0.25, 0.3) is 11.2 Å². The molecule has 4 atom stereocenters. The molecule has 10 nitrogen and oxygen atoms in total. The number of aliphatic hydroxyl groups is 2. The van der Waals surface area contributed by atoms with Crippen LogP contribution in [-0.4, -0.2) is 61.3 Å². The van der Waals surface area contributed by atoms with Gasteiger partial charge in [-0.2, -0.15) is 4.98 Å². The van der Waals surface area contributed by atoms with Gasteiger partial charge in [0, 0.05) is 6.61 Å². The van der Waals surface area contributed by atoms with E-state index in [2.05, 4.69) is 15.0 Å². The molecule has 24 heavy (non-hydrogen) atoms. The minimum absolute atomic E-state index is 0. The molecule has 0 spiro atoms. The Morgan fingerprint density at radius 3 is 2.83 bits per heavy atom. The number of ether oxygens (including phenoxy) is 2. The van der Waals surface area contributed by atoms with E-state index in [9.17, 15) is 10.2 Å². The number of nitrogen functional groups attached to an aromatic ring is 2. The van der Waals surface area contributed by atoms with Crippen LogP contribution in [0, 0.1) is 0 Å². The van der Waals surface area contributed by atoms with Crippen molar-refractivity contribution in [2.45, 2.75) is 37.9 Å². The van der Waals surface area contributed by atoms with Gasteiger partial charge in [0.1, 0.15) is 23.8 Å². The number of rotatable bonds is 5. The average molecular weight is 348 g/mol. The largest absolute Gasteiger partial charge is 1.00 e. The van der Waals surface area contributed by atoms with Crippen LogP contribution in [0.5, 0.6) is 0 Å². The zero-order chi connectivity index (χ0) is 16.6. The Morgan fingerprint density at radius 2 is 2.17 bits per heavy atom. The predicted molar refractivity (Wildman–Crippen MR) is 82.3 cm³/mol. The molecule has 3 heterocycles. The quantitative estimate of drug-likeness (QED) is 0.397. The predicted octanol–water partition coefficient (Wildman–Crippen LogP) is -3.85. The number of fused-ring (bicyclic) bond motifs is 1. The molecular weight excluding hydrogens is 327 g/mol. The fourth-order valence-corrected chi connectivity index (χ4v) is 2.71. The Bertz CT molecular complexity index is 704. The van der Waals surface area contributed by atoms with Gasteiger partial charge in [0.05, 0.1) is 12.8 Å². The number of anilines is 2. The monoisotopic (exact) mass is 348 g/mol. The summed E-state index contributed by atoms with van der Waals surface area (Å²) in [6.07, 6.45) is -1.02. The van der Waals surface area contributed by atoms with Crippen molar-refractivity contribution in [3.05, 3.63) is 6.20 Å². The molecule has 6 N–H and O–H groups in total. The van der Waals surface area contributed by atoms with E-state index in [1.807, 2.05) is 6.92 Å². The summed E-state index contributed by atoms with van der Waals surface area (Å²) < 4.78 is 12.8. The third-order valence-electron chi connectivity index (χ3n) is 3.74. The van der Waals surface area contributed by atoms with Crippen LogP contribution in [0.1, 0.15) is 21.0 Å². The zero-order valence-corrected chi connectivity index (χ0v) is 15.7. The smallest absolute Gasteiger partial charge is 1.00 e. The second-order valence-corrected chi connectivity index (χ2v) is 5.35. The Morgan fingerprint density at radius 1 is 1.42 bits per heavy atom. The van der Waals surface area contributed by atoms with E-state index in [-0.39, 0.29) is 49.5 Å². The summed E-state index contributed by atoms with van der Waals surface area (Å²) in [6, 6.07) is 0. The third kappa shape index (κ3) is 3.36. The fraction of sp³-hybridized carbons (Fsp3) is 0.615. The molecule has 2 aromatic heterocycles. The van der Waals surface area contributed by atoms with Crippen molar-refractivity contribution < 1.29 is 50.7 Å². The van der Waals surface area contributed by atoms with E-state index < -0.39 is 24.5 Å². The van der Waals surface area contributed by atoms with Crippen molar-refractivity contribution in [2.75, 3.05) is 24.7 Å². The minimum atomic E-state index is -1.03. The molecule has 0 unspecified atom stereocenters. The van der Waals surface area contributed by atoms with Gasteiger partial charge in [-0.3, -0.25) is 4.57 Å². The number of imidazole rings is 1. The molecule has 0 saturated carbocycles. The average Bonchev–Trinajstić information content (AvgIpc) is 3.01. The number of aromatic nitrogens is 4. The summed E-state index contributed by atoms with van der Waals surface area (Å²) in [6.45, 7) is 2.11. The maximum absolute atomic E-state index is 10.6. The van der Waals surface area contributed by atoms with Gasteiger partial charge in [-0.05, 0) is 6.42 Å². The summed E-state index contributed by atoms with van der Waals surface area (Å²) in [5.41, 5.74) is 12.3. The van der Waals surface area contributed by atoms with Crippen LogP contribution < -0.4 is 41.0 Å². The van der Waals surface area contributed by atoms with Gasteiger partial charge < -0.3 is 32.6 Å². The molecule has 0 aliphatic carbocycles. The number of nitrogens with zero attached hydrogens (tertiary/aromatic N) is 4. The van der Waals surface area contributed by atoms with Crippen LogP contribution in [0.3, 0.4) is 0 Å². The normalized spacial score (nSPS) is 26.6. The number of aliphatic hydroxyl groups excluding tert-OH is 2. The van der Waals surface area contributed by atoms with Crippen LogP contribution >= 0.6 is 0 Å². The first kappa shape index (κ1) is 19.3. The second kappa shape index (κ2) is 7.91. The molecule has 0 aromatic carbocycles. The van der Waals surface area contributed by atoms with Gasteiger partial charge in [-0.1, -0.05) is 6.92 Å². The second-order valence-electron chi connectivity index (χ2n) is 5.35. The van der Waals surface area contributed by atoms with Crippen molar-refractivity contribution >= 4 is 23.1 Å². The van der Waals surface area contributed by atoms with Gasteiger partial charge in [0.25, 0.3) is 0 Å². The Hall–Kier alpha value is -1.01. The van der Waals surface area contributed by atoms with E-state index in [0.29, 0.717) is 17.8 Å². The van der Waals surface area contributed by atoms with Crippen molar-refractivity contribution in [1.82, 2.24) is 19.5 Å². The van der Waals surface area contributed by atoms with Crippen molar-refractivity contribution in [1.29, 1.82) is 0 Å². The first-order chi connectivity index (χ1) is 11.1. The van der Waals surface area contributed by atoms with Crippen LogP contribution in [0.15, 0.2) is 6.20 Å². The first-order valence-corrected chi connectivity index (χ1v) is 7.38. The molecule has 128 valence electrons. The van der Waals surface area contributed by atoms with Crippen LogP contribution in [0.2, 0.25) is 0 Å². The Balaban J connectivity index is 0.00000156. The van der Waals surface area contributed by atoms with E-state index >= 15 is 0 Å². The van der Waals surface area contributed by atoms with E-state index in [0.717, 1.165) is 6.42 Å². The molecule has 2 aromatic rings.